The number of nitrogens with zero attached hydrogens (tertiary/aromatic N) is 6. The quantitative estimate of drug-likeness (QED) is 0.437. The van der Waals surface area contributed by atoms with Crippen LogP contribution in [-0.4, -0.2) is 54.5 Å². The topological polar surface area (TPSA) is 106 Å². The van der Waals surface area contributed by atoms with Crippen molar-refractivity contribution >= 4 is 51.3 Å². The van der Waals surface area contributed by atoms with Gasteiger partial charge >= 0.3 is 0 Å². The highest BCUT2D eigenvalue weighted by molar-refractivity contribution is 7.13. The van der Waals surface area contributed by atoms with Crippen molar-refractivity contribution in [3.8, 4) is 0 Å². The number of rotatable bonds is 4. The van der Waals surface area contributed by atoms with Gasteiger partial charge in [-0.1, -0.05) is 0 Å². The van der Waals surface area contributed by atoms with Gasteiger partial charge in [0.1, 0.15) is 10.6 Å². The fourth-order valence-electron chi connectivity index (χ4n) is 4.63. The van der Waals surface area contributed by atoms with Crippen molar-refractivity contribution < 1.29 is 9.59 Å². The molecule has 0 saturated carbocycles. The second kappa shape index (κ2) is 9.12. The minimum atomic E-state index is -0.281. The maximum atomic E-state index is 13.0. The third kappa shape index (κ3) is 4.45. The number of nitrogens with one attached hydrogen (secondary N) is 1. The summed E-state index contributed by atoms with van der Waals surface area (Å²) < 4.78 is 1.68. The largest absolute Gasteiger partial charge is 0.338 e. The van der Waals surface area contributed by atoms with Gasteiger partial charge in [0.15, 0.2) is 11.5 Å². The number of thiazole rings is 2. The maximum Gasteiger partial charge on any atom is 0.276 e. The van der Waals surface area contributed by atoms with Crippen LogP contribution < -0.4 is 5.32 Å². The van der Waals surface area contributed by atoms with Crippen LogP contribution in [0.3, 0.4) is 0 Å². The van der Waals surface area contributed by atoms with Crippen molar-refractivity contribution in [2.45, 2.75) is 46.5 Å². The number of hydrogen-bond acceptors (Lipinski definition) is 8. The lowest BCUT2D eigenvalue weighted by Crippen LogP contribution is -2.37. The average molecular weight is 510 g/mol. The summed E-state index contributed by atoms with van der Waals surface area (Å²) in [5.74, 6) is 0.511. The first kappa shape index (κ1) is 23.6. The lowest BCUT2D eigenvalue weighted by Gasteiger charge is -2.30. The van der Waals surface area contributed by atoms with Gasteiger partial charge in [-0.3, -0.25) is 9.59 Å². The molecule has 5 rings (SSSR count). The molecule has 1 fully saturated rings. The molecule has 0 spiro atoms. The molecule has 1 aliphatic rings. The van der Waals surface area contributed by atoms with E-state index in [9.17, 15) is 9.59 Å². The zero-order valence-corrected chi connectivity index (χ0v) is 22.0. The number of piperidine rings is 1. The highest BCUT2D eigenvalue weighted by Gasteiger charge is 2.29. The van der Waals surface area contributed by atoms with Crippen molar-refractivity contribution in [3.05, 3.63) is 49.0 Å². The van der Waals surface area contributed by atoms with Crippen LogP contribution in [0.2, 0.25) is 0 Å². The highest BCUT2D eigenvalue weighted by Crippen LogP contribution is 2.32. The van der Waals surface area contributed by atoms with E-state index in [1.807, 2.05) is 45.7 Å². The molecule has 35 heavy (non-hydrogen) atoms. The summed E-state index contributed by atoms with van der Waals surface area (Å²) in [6, 6.07) is 1.98. The number of hydrogen-bond donors (Lipinski definition) is 1. The number of fused-ring (bicyclic) bond motifs is 1. The SMILES string of the molecule is Cc1cc(C)c2c(NC(=O)c3csc(C4CCN(C(=O)c5sc(C)nc5C)CC4)n3)nn(C)c2n1. The summed E-state index contributed by atoms with van der Waals surface area (Å²) >= 11 is 2.96. The Bertz CT molecular complexity index is 1440. The Kier molecular flexibility index (Phi) is 6.14. The first-order chi connectivity index (χ1) is 16.7. The van der Waals surface area contributed by atoms with E-state index in [1.54, 1.807) is 10.1 Å². The van der Waals surface area contributed by atoms with Crippen LogP contribution >= 0.6 is 22.7 Å². The van der Waals surface area contributed by atoms with Crippen LogP contribution in [0, 0.1) is 27.7 Å². The van der Waals surface area contributed by atoms with Gasteiger partial charge in [0.2, 0.25) is 0 Å². The molecule has 0 aliphatic carbocycles. The summed E-state index contributed by atoms with van der Waals surface area (Å²) in [4.78, 5) is 42.1. The molecule has 1 N–H and O–H groups in total. The van der Waals surface area contributed by atoms with Crippen LogP contribution in [0.15, 0.2) is 11.4 Å². The molecule has 0 unspecified atom stereocenters. The molecule has 4 aromatic rings. The number of aromatic nitrogens is 5. The number of carbonyl (C=O) groups excluding carboxylic acids is 2. The molecule has 9 nitrogen and oxygen atoms in total. The minimum Gasteiger partial charge on any atom is -0.338 e. The average Bonchev–Trinajstić information content (AvgIpc) is 3.51. The third-order valence-electron chi connectivity index (χ3n) is 6.33. The fraction of sp³-hybridized carbons (Fsp3) is 0.417. The number of anilines is 1. The van der Waals surface area contributed by atoms with Crippen molar-refractivity contribution in [3.63, 3.8) is 0 Å². The Morgan fingerprint density at radius 1 is 1.09 bits per heavy atom. The molecule has 1 saturated heterocycles. The minimum absolute atomic E-state index is 0.0633. The van der Waals surface area contributed by atoms with Gasteiger partial charge in [-0.15, -0.1) is 22.7 Å². The molecule has 4 aromatic heterocycles. The number of amides is 2. The predicted octanol–water partition coefficient (Wildman–Crippen LogP) is 4.39. The number of pyridine rings is 1. The summed E-state index contributed by atoms with van der Waals surface area (Å²) in [6.45, 7) is 9.09. The molecule has 0 radical (unpaired) electrons. The summed E-state index contributed by atoms with van der Waals surface area (Å²) in [7, 11) is 1.82. The van der Waals surface area contributed by atoms with Crippen molar-refractivity contribution in [1.82, 2.24) is 29.6 Å². The monoisotopic (exact) mass is 509 g/mol. The molecule has 5 heterocycles. The third-order valence-corrected chi connectivity index (χ3v) is 8.40. The molecule has 0 aromatic carbocycles. The molecule has 2 amide bonds. The molecular formula is C24H27N7O2S2. The number of aryl methyl sites for hydroxylation is 5. The smallest absolute Gasteiger partial charge is 0.276 e. The van der Waals surface area contributed by atoms with Crippen LogP contribution in [0.5, 0.6) is 0 Å². The van der Waals surface area contributed by atoms with Crippen LogP contribution in [0.1, 0.15) is 65.9 Å². The van der Waals surface area contributed by atoms with Crippen LogP contribution in [-0.2, 0) is 7.05 Å². The molecule has 0 bridgehead atoms. The Morgan fingerprint density at radius 3 is 2.51 bits per heavy atom. The first-order valence-corrected chi connectivity index (χ1v) is 13.2. The zero-order valence-electron chi connectivity index (χ0n) is 20.4. The molecule has 182 valence electrons. The van der Waals surface area contributed by atoms with Crippen LogP contribution in [0.4, 0.5) is 5.82 Å². The molecule has 0 atom stereocenters. The first-order valence-electron chi connectivity index (χ1n) is 11.5. The van der Waals surface area contributed by atoms with Gasteiger partial charge in [-0.05, 0) is 52.2 Å². The van der Waals surface area contributed by atoms with E-state index in [0.29, 0.717) is 24.6 Å². The summed E-state index contributed by atoms with van der Waals surface area (Å²) in [6.07, 6.45) is 1.65. The van der Waals surface area contributed by atoms with Gasteiger partial charge < -0.3 is 10.2 Å². The Balaban J connectivity index is 1.25. The normalized spacial score (nSPS) is 14.6. The van der Waals surface area contributed by atoms with Gasteiger partial charge in [-0.2, -0.15) is 5.10 Å². The van der Waals surface area contributed by atoms with E-state index >= 15 is 0 Å². The Labute approximate surface area is 211 Å². The van der Waals surface area contributed by atoms with Gasteiger partial charge in [0.25, 0.3) is 11.8 Å². The van der Waals surface area contributed by atoms with Crippen LogP contribution in [0.25, 0.3) is 11.0 Å². The molecule has 1 aliphatic heterocycles. The summed E-state index contributed by atoms with van der Waals surface area (Å²) in [5, 5.41) is 11.9. The van der Waals surface area contributed by atoms with E-state index in [2.05, 4.69) is 25.4 Å². The molecular weight excluding hydrogens is 482 g/mol. The lowest BCUT2D eigenvalue weighted by molar-refractivity contribution is 0.0717. The van der Waals surface area contributed by atoms with Crippen molar-refractivity contribution in [1.29, 1.82) is 0 Å². The maximum absolute atomic E-state index is 13.0. The molecule has 11 heteroatoms. The van der Waals surface area contributed by atoms with Crippen molar-refractivity contribution in [2.75, 3.05) is 18.4 Å². The van der Waals surface area contributed by atoms with E-state index in [0.717, 1.165) is 55.7 Å². The van der Waals surface area contributed by atoms with E-state index in [-0.39, 0.29) is 17.7 Å². The van der Waals surface area contributed by atoms with E-state index in [1.165, 1.54) is 22.7 Å². The van der Waals surface area contributed by atoms with Gasteiger partial charge in [0.05, 0.1) is 21.1 Å². The predicted molar refractivity (Wildman–Crippen MR) is 138 cm³/mol. The van der Waals surface area contributed by atoms with E-state index < -0.39 is 0 Å². The second-order valence-corrected chi connectivity index (χ2v) is 11.1. The standard InChI is InChI=1S/C24H27N7O2S2/c1-12-10-13(2)25-21-18(12)20(29-30(21)5)28-22(32)17-11-34-23(27-17)16-6-8-31(9-7-16)24(33)19-14(3)26-15(4)35-19/h10-11,16H,6-9H2,1-5H3,(H,28,29,32). The highest BCUT2D eigenvalue weighted by atomic mass is 32.1. The fourth-order valence-corrected chi connectivity index (χ4v) is 6.49. The zero-order chi connectivity index (χ0) is 24.9. The van der Waals surface area contributed by atoms with E-state index in [4.69, 9.17) is 0 Å². The van der Waals surface area contributed by atoms with Gasteiger partial charge in [-0.25, -0.2) is 19.6 Å². The summed E-state index contributed by atoms with van der Waals surface area (Å²) in [5.41, 5.74) is 3.85. The second-order valence-electron chi connectivity index (χ2n) is 8.99. The number of carbonyl (C=O) groups is 2. The van der Waals surface area contributed by atoms with Crippen molar-refractivity contribution in [2.24, 2.45) is 7.05 Å². The Morgan fingerprint density at radius 2 is 1.83 bits per heavy atom. The Hall–Kier alpha value is -3.18. The lowest BCUT2D eigenvalue weighted by atomic mass is 9.97. The van der Waals surface area contributed by atoms with Gasteiger partial charge in [0, 0.05) is 37.1 Å². The number of likely N-dealkylation sites (tertiary alicyclic amines) is 1.